The van der Waals surface area contributed by atoms with Crippen molar-refractivity contribution < 1.29 is 5.11 Å². The molecule has 2 aliphatic rings. The van der Waals surface area contributed by atoms with Crippen LogP contribution in [0.15, 0.2) is 21.6 Å². The van der Waals surface area contributed by atoms with Crippen LogP contribution in [-0.2, 0) is 0 Å². The second kappa shape index (κ2) is 1.88. The van der Waals surface area contributed by atoms with Gasteiger partial charge < -0.3 is 16.2 Å². The standard InChI is InChI=1S/C5H7N5O/c6-5-9-3-2(4(11)10-5)7-1-8-3/h1,3,11H,(H,7,8)(H3,6,9,10). The van der Waals surface area contributed by atoms with E-state index >= 15 is 0 Å². The summed E-state index contributed by atoms with van der Waals surface area (Å²) in [7, 11) is 0. The van der Waals surface area contributed by atoms with E-state index in [9.17, 15) is 5.11 Å². The zero-order valence-corrected chi connectivity index (χ0v) is 5.57. The summed E-state index contributed by atoms with van der Waals surface area (Å²) in [5.74, 6) is 0.164. The summed E-state index contributed by atoms with van der Waals surface area (Å²) in [6, 6.07) is 0. The second-order valence-corrected chi connectivity index (χ2v) is 2.20. The Morgan fingerprint density at radius 3 is 3.27 bits per heavy atom. The topological polar surface area (TPSA) is 95.0 Å². The zero-order chi connectivity index (χ0) is 7.84. The van der Waals surface area contributed by atoms with Crippen LogP contribution in [0.5, 0.6) is 0 Å². The van der Waals surface area contributed by atoms with Crippen LogP contribution >= 0.6 is 0 Å². The fourth-order valence-corrected chi connectivity index (χ4v) is 0.968. The molecule has 0 bridgehead atoms. The van der Waals surface area contributed by atoms with Crippen LogP contribution in [0, 0.1) is 0 Å². The number of aliphatic imine (C=N–C) groups is 2. The Morgan fingerprint density at radius 1 is 1.64 bits per heavy atom. The number of fused-ring (bicyclic) bond motifs is 1. The Balaban J connectivity index is 2.36. The maximum Gasteiger partial charge on any atom is 0.215 e. The van der Waals surface area contributed by atoms with Crippen LogP contribution in [0.1, 0.15) is 0 Å². The van der Waals surface area contributed by atoms with Gasteiger partial charge in [0, 0.05) is 0 Å². The molecule has 2 rings (SSSR count). The van der Waals surface area contributed by atoms with Crippen LogP contribution in [0.2, 0.25) is 0 Å². The van der Waals surface area contributed by atoms with Crippen molar-refractivity contribution >= 4 is 12.3 Å². The van der Waals surface area contributed by atoms with Crippen molar-refractivity contribution in [2.75, 3.05) is 0 Å². The van der Waals surface area contributed by atoms with Crippen molar-refractivity contribution in [1.29, 1.82) is 0 Å². The van der Waals surface area contributed by atoms with E-state index in [1.165, 1.54) is 6.34 Å². The molecular weight excluding hydrogens is 146 g/mol. The van der Waals surface area contributed by atoms with E-state index in [0.29, 0.717) is 5.70 Å². The molecule has 5 N–H and O–H groups in total. The highest BCUT2D eigenvalue weighted by Crippen LogP contribution is 2.14. The summed E-state index contributed by atoms with van der Waals surface area (Å²) in [5, 5.41) is 14.4. The van der Waals surface area contributed by atoms with Crippen LogP contribution < -0.4 is 16.4 Å². The average molecular weight is 153 g/mol. The minimum absolute atomic E-state index is 0.0139. The number of nitrogens with one attached hydrogen (secondary N) is 2. The van der Waals surface area contributed by atoms with Gasteiger partial charge in [-0.2, -0.15) is 0 Å². The van der Waals surface area contributed by atoms with Gasteiger partial charge in [-0.1, -0.05) is 0 Å². The van der Waals surface area contributed by atoms with Crippen molar-refractivity contribution in [2.45, 2.75) is 6.17 Å². The molecule has 0 aromatic rings. The molecule has 0 radical (unpaired) electrons. The summed E-state index contributed by atoms with van der Waals surface area (Å²) in [6.07, 6.45) is 1.08. The Morgan fingerprint density at radius 2 is 2.45 bits per heavy atom. The molecule has 0 aromatic carbocycles. The van der Waals surface area contributed by atoms with E-state index in [2.05, 4.69) is 20.6 Å². The number of guanidine groups is 1. The Labute approximate surface area is 62.5 Å². The molecule has 58 valence electrons. The average Bonchev–Trinajstić information content (AvgIpc) is 2.34. The van der Waals surface area contributed by atoms with Gasteiger partial charge in [0.2, 0.25) is 5.88 Å². The van der Waals surface area contributed by atoms with Crippen molar-refractivity contribution in [3.05, 3.63) is 11.6 Å². The third-order valence-electron chi connectivity index (χ3n) is 1.46. The minimum Gasteiger partial charge on any atom is -0.493 e. The largest absolute Gasteiger partial charge is 0.493 e. The van der Waals surface area contributed by atoms with Gasteiger partial charge in [-0.05, 0) is 0 Å². The number of aliphatic hydroxyl groups is 1. The summed E-state index contributed by atoms with van der Waals surface area (Å²) in [4.78, 5) is 7.80. The van der Waals surface area contributed by atoms with Gasteiger partial charge in [-0.3, -0.25) is 5.32 Å². The molecule has 0 fully saturated rings. The smallest absolute Gasteiger partial charge is 0.215 e. The minimum atomic E-state index is -0.392. The number of rotatable bonds is 0. The molecule has 2 aliphatic heterocycles. The number of hydrogen-bond acceptors (Lipinski definition) is 6. The van der Waals surface area contributed by atoms with Crippen molar-refractivity contribution in [2.24, 2.45) is 15.7 Å². The SMILES string of the molecule is NC1=NC2N=CNC2=C(O)N1. The number of nitrogens with two attached hydrogens (primary N) is 1. The molecule has 0 saturated heterocycles. The van der Waals surface area contributed by atoms with Crippen LogP contribution in [0.3, 0.4) is 0 Å². The first-order valence-corrected chi connectivity index (χ1v) is 3.09. The van der Waals surface area contributed by atoms with Gasteiger partial charge in [0.05, 0.1) is 6.34 Å². The molecule has 0 aromatic heterocycles. The molecule has 0 amide bonds. The lowest BCUT2D eigenvalue weighted by Gasteiger charge is -2.15. The Kier molecular flexibility index (Phi) is 1.03. The van der Waals surface area contributed by atoms with E-state index < -0.39 is 6.17 Å². The summed E-state index contributed by atoms with van der Waals surface area (Å²) in [5.41, 5.74) is 5.87. The molecule has 6 nitrogen and oxygen atoms in total. The normalized spacial score (nSPS) is 27.3. The summed E-state index contributed by atoms with van der Waals surface area (Å²) < 4.78 is 0. The highest BCUT2D eigenvalue weighted by molar-refractivity contribution is 5.82. The van der Waals surface area contributed by atoms with Gasteiger partial charge in [-0.15, -0.1) is 0 Å². The third-order valence-corrected chi connectivity index (χ3v) is 1.46. The highest BCUT2D eigenvalue weighted by Gasteiger charge is 2.24. The molecule has 6 heteroatoms. The predicted octanol–water partition coefficient (Wildman–Crippen LogP) is -1.41. The molecule has 11 heavy (non-hydrogen) atoms. The van der Waals surface area contributed by atoms with Crippen LogP contribution in [0.25, 0.3) is 0 Å². The molecule has 0 spiro atoms. The van der Waals surface area contributed by atoms with Gasteiger partial charge >= 0.3 is 0 Å². The predicted molar refractivity (Wildman–Crippen MR) is 39.8 cm³/mol. The van der Waals surface area contributed by atoms with Gasteiger partial charge in [-0.25, -0.2) is 9.98 Å². The van der Waals surface area contributed by atoms with Crippen molar-refractivity contribution in [3.8, 4) is 0 Å². The van der Waals surface area contributed by atoms with Gasteiger partial charge in [0.1, 0.15) is 5.70 Å². The lowest BCUT2D eigenvalue weighted by molar-refractivity contribution is 0.368. The van der Waals surface area contributed by atoms with Crippen molar-refractivity contribution in [3.63, 3.8) is 0 Å². The van der Waals surface area contributed by atoms with E-state index in [-0.39, 0.29) is 11.8 Å². The van der Waals surface area contributed by atoms with Crippen LogP contribution in [-0.4, -0.2) is 23.6 Å². The zero-order valence-electron chi connectivity index (χ0n) is 5.57. The van der Waals surface area contributed by atoms with Gasteiger partial charge in [0.25, 0.3) is 0 Å². The Hall–Kier alpha value is -1.72. The first kappa shape index (κ1) is 6.02. The third kappa shape index (κ3) is 0.794. The first-order valence-electron chi connectivity index (χ1n) is 3.09. The number of nitrogens with zero attached hydrogens (tertiary/aromatic N) is 2. The quantitative estimate of drug-likeness (QED) is 0.344. The fraction of sp³-hybridized carbons (Fsp3) is 0.200. The maximum atomic E-state index is 9.21. The number of aliphatic hydroxyl groups excluding tert-OH is 1. The van der Waals surface area contributed by atoms with E-state index in [0.717, 1.165) is 0 Å². The molecule has 2 heterocycles. The molecular formula is C5H7N5O. The lowest BCUT2D eigenvalue weighted by atomic mass is 10.3. The first-order chi connectivity index (χ1) is 5.27. The summed E-state index contributed by atoms with van der Waals surface area (Å²) in [6.45, 7) is 0. The number of hydrogen-bond donors (Lipinski definition) is 4. The monoisotopic (exact) mass is 153 g/mol. The van der Waals surface area contributed by atoms with E-state index in [4.69, 9.17) is 5.73 Å². The Bertz CT molecular complexity index is 279. The van der Waals surface area contributed by atoms with E-state index in [1.807, 2.05) is 0 Å². The highest BCUT2D eigenvalue weighted by atomic mass is 16.3. The second-order valence-electron chi connectivity index (χ2n) is 2.20. The molecule has 0 saturated carbocycles. The van der Waals surface area contributed by atoms with E-state index in [1.54, 1.807) is 0 Å². The fourth-order valence-electron chi connectivity index (χ4n) is 0.968. The summed E-state index contributed by atoms with van der Waals surface area (Å²) >= 11 is 0. The lowest BCUT2D eigenvalue weighted by Crippen LogP contribution is -2.38. The van der Waals surface area contributed by atoms with Crippen molar-refractivity contribution in [1.82, 2.24) is 10.6 Å². The van der Waals surface area contributed by atoms with Crippen LogP contribution in [0.4, 0.5) is 0 Å². The molecule has 1 unspecified atom stereocenters. The van der Waals surface area contributed by atoms with Gasteiger partial charge in [0.15, 0.2) is 12.1 Å². The molecule has 1 atom stereocenters. The maximum absolute atomic E-state index is 9.21. The molecule has 0 aliphatic carbocycles.